The van der Waals surface area contributed by atoms with E-state index in [0.29, 0.717) is 4.47 Å². The van der Waals surface area contributed by atoms with Crippen LogP contribution in [0.2, 0.25) is 5.02 Å². The third-order valence-corrected chi connectivity index (χ3v) is 3.30. The maximum Gasteiger partial charge on any atom is 0.337 e. The zero-order valence-electron chi connectivity index (χ0n) is 9.93. The van der Waals surface area contributed by atoms with E-state index in [-0.39, 0.29) is 21.8 Å². The van der Waals surface area contributed by atoms with Crippen molar-refractivity contribution in [1.82, 2.24) is 4.98 Å². The van der Waals surface area contributed by atoms with Crippen LogP contribution in [0.25, 0.3) is 0 Å². The fourth-order valence-electron chi connectivity index (χ4n) is 1.54. The molecule has 0 radical (unpaired) electrons. The second kappa shape index (κ2) is 6.02. The number of pyridine rings is 1. The molecule has 0 bridgehead atoms. The maximum atomic E-state index is 12.1. The smallest absolute Gasteiger partial charge is 0.337 e. The minimum absolute atomic E-state index is 0.0422. The van der Waals surface area contributed by atoms with Gasteiger partial charge in [-0.1, -0.05) is 27.5 Å². The van der Waals surface area contributed by atoms with Crippen LogP contribution >= 0.6 is 27.5 Å². The zero-order chi connectivity index (χ0) is 14.7. The summed E-state index contributed by atoms with van der Waals surface area (Å²) < 4.78 is 0.691. The van der Waals surface area contributed by atoms with Gasteiger partial charge in [0.05, 0.1) is 28.0 Å². The molecule has 1 amide bonds. The molecule has 102 valence electrons. The number of hydrogen-bond donors (Lipinski definition) is 2. The number of nitrogens with zero attached hydrogens (tertiary/aromatic N) is 1. The molecule has 0 saturated carbocycles. The molecule has 0 aliphatic rings. The lowest BCUT2D eigenvalue weighted by molar-refractivity contribution is 0.0698. The molecule has 1 aromatic carbocycles. The van der Waals surface area contributed by atoms with Crippen LogP contribution in [0.3, 0.4) is 0 Å². The number of carboxylic acids is 1. The Bertz CT molecular complexity index is 691. The van der Waals surface area contributed by atoms with E-state index in [2.05, 4.69) is 26.2 Å². The highest BCUT2D eigenvalue weighted by Crippen LogP contribution is 2.23. The van der Waals surface area contributed by atoms with Gasteiger partial charge in [-0.25, -0.2) is 4.79 Å². The molecule has 0 fully saturated rings. The highest BCUT2D eigenvalue weighted by Gasteiger charge is 2.15. The Morgan fingerprint density at radius 2 is 2.00 bits per heavy atom. The van der Waals surface area contributed by atoms with Gasteiger partial charge in [-0.15, -0.1) is 0 Å². The zero-order valence-corrected chi connectivity index (χ0v) is 12.3. The van der Waals surface area contributed by atoms with E-state index in [1.165, 1.54) is 18.5 Å². The molecule has 0 aliphatic heterocycles. The first-order valence-corrected chi connectivity index (χ1v) is 6.60. The fourth-order valence-corrected chi connectivity index (χ4v) is 2.11. The summed E-state index contributed by atoms with van der Waals surface area (Å²) in [7, 11) is 0. The molecule has 20 heavy (non-hydrogen) atoms. The van der Waals surface area contributed by atoms with E-state index in [1.54, 1.807) is 18.2 Å². The van der Waals surface area contributed by atoms with Crippen LogP contribution in [0, 0.1) is 0 Å². The van der Waals surface area contributed by atoms with Gasteiger partial charge in [0.15, 0.2) is 0 Å². The van der Waals surface area contributed by atoms with Gasteiger partial charge < -0.3 is 10.4 Å². The summed E-state index contributed by atoms with van der Waals surface area (Å²) in [4.78, 5) is 27.0. The number of carbonyl (C=O) groups excluding carboxylic acids is 1. The maximum absolute atomic E-state index is 12.1. The number of anilines is 1. The van der Waals surface area contributed by atoms with E-state index in [1.807, 2.05) is 0 Å². The average Bonchev–Trinajstić information content (AvgIpc) is 2.41. The molecule has 2 N–H and O–H groups in total. The lowest BCUT2D eigenvalue weighted by Gasteiger charge is -2.09. The first-order chi connectivity index (χ1) is 9.49. The van der Waals surface area contributed by atoms with Crippen molar-refractivity contribution in [1.29, 1.82) is 0 Å². The number of hydrogen-bond acceptors (Lipinski definition) is 3. The van der Waals surface area contributed by atoms with E-state index in [9.17, 15) is 9.59 Å². The van der Waals surface area contributed by atoms with Crippen molar-refractivity contribution < 1.29 is 14.7 Å². The number of aromatic nitrogens is 1. The number of carboxylic acid groups (broad SMARTS) is 1. The summed E-state index contributed by atoms with van der Waals surface area (Å²) in [5, 5.41) is 11.8. The Labute approximate surface area is 127 Å². The van der Waals surface area contributed by atoms with E-state index < -0.39 is 11.9 Å². The average molecular weight is 356 g/mol. The second-order valence-corrected chi connectivity index (χ2v) is 5.13. The Balaban J connectivity index is 2.33. The molecule has 2 aromatic rings. The quantitative estimate of drug-likeness (QED) is 0.884. The standard InChI is InChI=1S/C13H8BrClN2O3/c14-7-1-2-10(15)9(5-7)12(18)17-11-6-16-4-3-8(11)13(19)20/h1-6H,(H,17,18)(H,19,20). The molecule has 7 heteroatoms. The number of halogens is 2. The number of nitrogens with one attached hydrogen (secondary N) is 1. The fraction of sp³-hybridized carbons (Fsp3) is 0. The number of benzene rings is 1. The Hall–Kier alpha value is -1.92. The van der Waals surface area contributed by atoms with Crippen molar-refractivity contribution >= 4 is 45.1 Å². The molecule has 0 atom stereocenters. The Morgan fingerprint density at radius 1 is 1.25 bits per heavy atom. The highest BCUT2D eigenvalue weighted by atomic mass is 79.9. The Kier molecular flexibility index (Phi) is 4.36. The van der Waals surface area contributed by atoms with Crippen molar-refractivity contribution in [2.45, 2.75) is 0 Å². The molecular formula is C13H8BrClN2O3. The predicted molar refractivity (Wildman–Crippen MR) is 78.3 cm³/mol. The van der Waals surface area contributed by atoms with Gasteiger partial charge in [-0.3, -0.25) is 9.78 Å². The molecule has 0 unspecified atom stereocenters. The predicted octanol–water partition coefficient (Wildman–Crippen LogP) is 3.45. The van der Waals surface area contributed by atoms with Gasteiger partial charge in [0.2, 0.25) is 0 Å². The molecule has 2 rings (SSSR count). The molecule has 0 aliphatic carbocycles. The normalized spacial score (nSPS) is 10.1. The van der Waals surface area contributed by atoms with Gasteiger partial charge in [-0.05, 0) is 24.3 Å². The van der Waals surface area contributed by atoms with E-state index in [0.717, 1.165) is 0 Å². The van der Waals surface area contributed by atoms with E-state index >= 15 is 0 Å². The van der Waals surface area contributed by atoms with Crippen LogP contribution in [0.1, 0.15) is 20.7 Å². The van der Waals surface area contributed by atoms with Crippen molar-refractivity contribution in [3.63, 3.8) is 0 Å². The first-order valence-electron chi connectivity index (χ1n) is 5.42. The highest BCUT2D eigenvalue weighted by molar-refractivity contribution is 9.10. The molecule has 1 heterocycles. The Morgan fingerprint density at radius 3 is 2.70 bits per heavy atom. The van der Waals surface area contributed by atoms with Gasteiger partial charge in [0, 0.05) is 10.7 Å². The van der Waals surface area contributed by atoms with Crippen LogP contribution in [-0.4, -0.2) is 22.0 Å². The number of rotatable bonds is 3. The van der Waals surface area contributed by atoms with Gasteiger partial charge in [-0.2, -0.15) is 0 Å². The summed E-state index contributed by atoms with van der Waals surface area (Å²) in [6.45, 7) is 0. The summed E-state index contributed by atoms with van der Waals surface area (Å²) in [6.07, 6.45) is 2.61. The summed E-state index contributed by atoms with van der Waals surface area (Å²) in [5.74, 6) is -1.66. The van der Waals surface area contributed by atoms with Crippen molar-refractivity contribution in [2.24, 2.45) is 0 Å². The van der Waals surface area contributed by atoms with Crippen LogP contribution in [0.4, 0.5) is 5.69 Å². The number of carbonyl (C=O) groups is 2. The van der Waals surface area contributed by atoms with Gasteiger partial charge in [0.1, 0.15) is 0 Å². The minimum Gasteiger partial charge on any atom is -0.478 e. The third kappa shape index (κ3) is 3.15. The van der Waals surface area contributed by atoms with E-state index in [4.69, 9.17) is 16.7 Å². The topological polar surface area (TPSA) is 79.3 Å². The lowest BCUT2D eigenvalue weighted by atomic mass is 10.2. The second-order valence-electron chi connectivity index (χ2n) is 3.80. The third-order valence-electron chi connectivity index (χ3n) is 2.47. The number of amides is 1. The molecule has 0 spiro atoms. The van der Waals surface area contributed by atoms with Crippen LogP contribution < -0.4 is 5.32 Å². The van der Waals surface area contributed by atoms with Crippen molar-refractivity contribution in [3.8, 4) is 0 Å². The van der Waals surface area contributed by atoms with Gasteiger partial charge in [0.25, 0.3) is 5.91 Å². The van der Waals surface area contributed by atoms with Crippen molar-refractivity contribution in [2.75, 3.05) is 5.32 Å². The molecule has 5 nitrogen and oxygen atoms in total. The van der Waals surface area contributed by atoms with Crippen LogP contribution in [-0.2, 0) is 0 Å². The lowest BCUT2D eigenvalue weighted by Crippen LogP contribution is -2.15. The summed E-state index contributed by atoms with van der Waals surface area (Å²) in [6, 6.07) is 6.13. The largest absolute Gasteiger partial charge is 0.478 e. The molecule has 0 saturated heterocycles. The first kappa shape index (κ1) is 14.5. The van der Waals surface area contributed by atoms with Crippen LogP contribution in [0.5, 0.6) is 0 Å². The summed E-state index contributed by atoms with van der Waals surface area (Å²) >= 11 is 9.19. The number of aromatic carboxylic acids is 1. The molecular weight excluding hydrogens is 348 g/mol. The van der Waals surface area contributed by atoms with Gasteiger partial charge >= 0.3 is 5.97 Å². The minimum atomic E-state index is -1.15. The SMILES string of the molecule is O=C(Nc1cnccc1C(=O)O)c1cc(Br)ccc1Cl. The van der Waals surface area contributed by atoms with Crippen molar-refractivity contribution in [3.05, 3.63) is 57.3 Å². The van der Waals surface area contributed by atoms with Crippen LogP contribution in [0.15, 0.2) is 41.1 Å². The molecule has 1 aromatic heterocycles. The summed E-state index contributed by atoms with van der Waals surface area (Å²) in [5.41, 5.74) is 0.307. The monoisotopic (exact) mass is 354 g/mol.